The van der Waals surface area contributed by atoms with E-state index >= 15 is 0 Å². The van der Waals surface area contributed by atoms with E-state index in [0.717, 1.165) is 38.5 Å². The van der Waals surface area contributed by atoms with Gasteiger partial charge in [-0.1, -0.05) is 65.5 Å². The average Bonchev–Trinajstić information content (AvgIpc) is 2.75. The molecule has 0 amide bonds. The summed E-state index contributed by atoms with van der Waals surface area (Å²) in [7, 11) is 0. The van der Waals surface area contributed by atoms with Crippen molar-refractivity contribution in [1.29, 1.82) is 0 Å². The Hall–Kier alpha value is -1.89. The molecule has 2 N–H and O–H groups in total. The lowest BCUT2D eigenvalue weighted by atomic mass is 9.94. The van der Waals surface area contributed by atoms with Crippen LogP contribution in [0, 0.1) is 0 Å². The number of hydrogen-bond acceptors (Lipinski definition) is 4. The SMILES string of the molecule is CCCCC/C=C/CCCCCCC[N+](C(CC)C(=O)[O-])(C(CC)C(=O)O)C(CC)C(=O)O. The van der Waals surface area contributed by atoms with E-state index in [-0.39, 0.29) is 25.8 Å². The second-order valence-electron chi connectivity index (χ2n) is 9.01. The van der Waals surface area contributed by atoms with Gasteiger partial charge in [0.2, 0.25) is 0 Å². The molecule has 0 aromatic rings. The van der Waals surface area contributed by atoms with Crippen LogP contribution in [0.2, 0.25) is 0 Å². The smallest absolute Gasteiger partial charge is 0.362 e. The summed E-state index contributed by atoms with van der Waals surface area (Å²) in [5.41, 5.74) is 0. The van der Waals surface area contributed by atoms with Crippen molar-refractivity contribution < 1.29 is 34.2 Å². The van der Waals surface area contributed by atoms with E-state index in [9.17, 15) is 29.7 Å². The standard InChI is InChI=1S/C26H47NO6/c1-5-9-10-11-12-13-14-15-16-17-18-19-20-27(21(6-2)24(28)29,22(7-3)25(30)31)23(8-4)26(32)33/h12-13,21-23H,5-11,14-20H2,1-4H3,(H2-,28,29,30,31,32,33)/b13-12+. The molecule has 0 spiro atoms. The maximum atomic E-state index is 12.2. The molecule has 7 heteroatoms. The van der Waals surface area contributed by atoms with E-state index < -0.39 is 40.5 Å². The minimum atomic E-state index is -1.37. The van der Waals surface area contributed by atoms with Gasteiger partial charge >= 0.3 is 11.9 Å². The third kappa shape index (κ3) is 9.86. The van der Waals surface area contributed by atoms with Crippen LogP contribution in [0.25, 0.3) is 0 Å². The molecule has 0 aliphatic carbocycles. The van der Waals surface area contributed by atoms with Crippen LogP contribution in [0.1, 0.15) is 111 Å². The Labute approximate surface area is 200 Å². The van der Waals surface area contributed by atoms with Gasteiger partial charge in [-0.25, -0.2) is 9.59 Å². The number of carbonyl (C=O) groups excluding carboxylic acids is 1. The second kappa shape index (κ2) is 17.6. The van der Waals surface area contributed by atoms with Crippen LogP contribution in [0.4, 0.5) is 0 Å². The highest BCUT2D eigenvalue weighted by molar-refractivity contribution is 5.77. The van der Waals surface area contributed by atoms with E-state index in [0.29, 0.717) is 6.42 Å². The molecule has 0 bridgehead atoms. The fourth-order valence-corrected chi connectivity index (χ4v) is 5.19. The fraction of sp³-hybridized carbons (Fsp3) is 0.808. The maximum Gasteiger partial charge on any atom is 0.362 e. The van der Waals surface area contributed by atoms with Crippen LogP contribution < -0.4 is 5.11 Å². The molecule has 0 rings (SSSR count). The van der Waals surface area contributed by atoms with Crippen LogP contribution in [0.5, 0.6) is 0 Å². The highest BCUT2D eigenvalue weighted by Crippen LogP contribution is 2.32. The molecule has 33 heavy (non-hydrogen) atoms. The lowest BCUT2D eigenvalue weighted by molar-refractivity contribution is -0.974. The summed E-state index contributed by atoms with van der Waals surface area (Å²) in [6, 6.07) is -3.39. The van der Waals surface area contributed by atoms with Crippen LogP contribution in [0.3, 0.4) is 0 Å². The third-order valence-corrected chi connectivity index (χ3v) is 6.80. The van der Waals surface area contributed by atoms with Gasteiger partial charge in [-0.2, -0.15) is 0 Å². The Bertz CT molecular complexity index is 549. The monoisotopic (exact) mass is 469 g/mol. The van der Waals surface area contributed by atoms with Crippen LogP contribution in [0.15, 0.2) is 12.2 Å². The number of hydrogen-bond donors (Lipinski definition) is 2. The molecule has 0 fully saturated rings. The topological polar surface area (TPSA) is 115 Å². The van der Waals surface area contributed by atoms with Crippen molar-refractivity contribution in [3.05, 3.63) is 12.2 Å². The summed E-state index contributed by atoms with van der Waals surface area (Å²) >= 11 is 0. The third-order valence-electron chi connectivity index (χ3n) is 6.80. The first kappa shape index (κ1) is 31.1. The van der Waals surface area contributed by atoms with Crippen molar-refractivity contribution in [2.45, 2.75) is 129 Å². The van der Waals surface area contributed by atoms with Gasteiger partial charge in [0.25, 0.3) is 0 Å². The largest absolute Gasteiger partial charge is 0.544 e. The van der Waals surface area contributed by atoms with Crippen molar-refractivity contribution in [1.82, 2.24) is 0 Å². The maximum absolute atomic E-state index is 12.2. The van der Waals surface area contributed by atoms with Crippen LogP contribution >= 0.6 is 0 Å². The van der Waals surface area contributed by atoms with Gasteiger partial charge in [-0.3, -0.25) is 4.48 Å². The summed E-state index contributed by atoms with van der Waals surface area (Å²) in [5.74, 6) is -3.67. The van der Waals surface area contributed by atoms with Crippen molar-refractivity contribution in [3.8, 4) is 0 Å². The number of aliphatic carboxylic acids is 3. The Kier molecular flexibility index (Phi) is 16.6. The summed E-state index contributed by atoms with van der Waals surface area (Å²) in [4.78, 5) is 36.4. The Morgan fingerprint density at radius 1 is 0.697 bits per heavy atom. The predicted molar refractivity (Wildman–Crippen MR) is 129 cm³/mol. The number of quaternary nitrogens is 1. The lowest BCUT2D eigenvalue weighted by Gasteiger charge is -2.51. The van der Waals surface area contributed by atoms with Crippen LogP contribution in [-0.2, 0) is 14.4 Å². The molecule has 0 heterocycles. The summed E-state index contributed by atoms with van der Waals surface area (Å²) in [6.45, 7) is 7.42. The molecule has 7 nitrogen and oxygen atoms in total. The summed E-state index contributed by atoms with van der Waals surface area (Å²) < 4.78 is -0.475. The minimum absolute atomic E-state index is 0.125. The zero-order valence-corrected chi connectivity index (χ0v) is 21.3. The molecular formula is C26H47NO6. The normalized spacial score (nSPS) is 16.2. The van der Waals surface area contributed by atoms with Crippen molar-refractivity contribution in [2.24, 2.45) is 0 Å². The molecule has 0 saturated carbocycles. The zero-order valence-electron chi connectivity index (χ0n) is 21.3. The molecule has 0 aliphatic heterocycles. The first-order chi connectivity index (χ1) is 15.7. The molecular weight excluding hydrogens is 422 g/mol. The molecule has 3 unspecified atom stereocenters. The van der Waals surface area contributed by atoms with Gasteiger partial charge in [-0.15, -0.1) is 0 Å². The second-order valence-corrected chi connectivity index (χ2v) is 9.01. The highest BCUT2D eigenvalue weighted by Gasteiger charge is 2.53. The quantitative estimate of drug-likeness (QED) is 0.145. The molecule has 0 saturated heterocycles. The zero-order chi connectivity index (χ0) is 25.3. The molecule has 0 aromatic heterocycles. The number of carboxylic acid groups (broad SMARTS) is 3. The molecule has 0 aliphatic rings. The number of unbranched alkanes of at least 4 members (excludes halogenated alkanes) is 8. The summed E-state index contributed by atoms with van der Waals surface area (Å²) in [6.07, 6.45) is 15.3. The summed E-state index contributed by atoms with van der Waals surface area (Å²) in [5, 5.41) is 31.9. The van der Waals surface area contributed by atoms with E-state index in [1.54, 1.807) is 20.8 Å². The number of nitrogens with zero attached hydrogens (tertiary/aromatic N) is 1. The first-order valence-corrected chi connectivity index (χ1v) is 12.9. The minimum Gasteiger partial charge on any atom is -0.544 e. The fourth-order valence-electron chi connectivity index (χ4n) is 5.19. The van der Waals surface area contributed by atoms with E-state index in [4.69, 9.17) is 0 Å². The van der Waals surface area contributed by atoms with E-state index in [1.807, 2.05) is 0 Å². The van der Waals surface area contributed by atoms with Gasteiger partial charge in [0.1, 0.15) is 6.04 Å². The molecule has 0 radical (unpaired) electrons. The highest BCUT2D eigenvalue weighted by atomic mass is 16.4. The van der Waals surface area contributed by atoms with Gasteiger partial charge in [0.05, 0.1) is 12.5 Å². The number of rotatable bonds is 21. The molecule has 3 atom stereocenters. The van der Waals surface area contributed by atoms with E-state index in [1.165, 1.54) is 19.3 Å². The van der Waals surface area contributed by atoms with E-state index in [2.05, 4.69) is 19.1 Å². The Morgan fingerprint density at radius 2 is 1.12 bits per heavy atom. The number of carboxylic acids is 3. The molecule has 192 valence electrons. The Balaban J connectivity index is 5.24. The van der Waals surface area contributed by atoms with Crippen molar-refractivity contribution >= 4 is 17.9 Å². The molecule has 0 aromatic carbocycles. The van der Waals surface area contributed by atoms with Gasteiger partial charge in [0.15, 0.2) is 12.1 Å². The van der Waals surface area contributed by atoms with Crippen LogP contribution in [-0.4, -0.2) is 57.3 Å². The van der Waals surface area contributed by atoms with Gasteiger partial charge in [-0.05, 0) is 38.5 Å². The predicted octanol–water partition coefficient (Wildman–Crippen LogP) is 4.54. The number of carbonyl (C=O) groups is 3. The average molecular weight is 470 g/mol. The van der Waals surface area contributed by atoms with Gasteiger partial charge < -0.3 is 20.1 Å². The number of allylic oxidation sites excluding steroid dienone is 2. The van der Waals surface area contributed by atoms with Crippen molar-refractivity contribution in [2.75, 3.05) is 6.54 Å². The van der Waals surface area contributed by atoms with Crippen molar-refractivity contribution in [3.63, 3.8) is 0 Å². The lowest BCUT2D eigenvalue weighted by Crippen LogP contribution is -2.73. The Morgan fingerprint density at radius 3 is 1.52 bits per heavy atom. The van der Waals surface area contributed by atoms with Gasteiger partial charge in [0, 0.05) is 19.3 Å². The first-order valence-electron chi connectivity index (χ1n) is 12.9.